The fourth-order valence-electron chi connectivity index (χ4n) is 0.321. The Morgan fingerprint density at radius 2 is 1.25 bits per heavy atom. The molecule has 0 aliphatic heterocycles. The van der Waals surface area contributed by atoms with Gasteiger partial charge in [-0.25, -0.2) is 12.1 Å². The van der Waals surface area contributed by atoms with Gasteiger partial charge in [0.1, 0.15) is 0 Å². The maximum Gasteiger partial charge on any atom is 3.00 e. The second-order valence-electron chi connectivity index (χ2n) is 0.962. The van der Waals surface area contributed by atoms with E-state index in [9.17, 15) is 0 Å². The summed E-state index contributed by atoms with van der Waals surface area (Å²) in [6.07, 6.45) is 0. The van der Waals surface area contributed by atoms with Gasteiger partial charge in [0.25, 0.3) is 0 Å². The van der Waals surface area contributed by atoms with Crippen LogP contribution in [0.2, 0.25) is 0 Å². The third-order valence-corrected chi connectivity index (χ3v) is 0.556. The van der Waals surface area contributed by atoms with E-state index in [0.29, 0.717) is 0 Å². The molecule has 0 spiro atoms. The molecule has 0 aliphatic rings. The first-order valence-electron chi connectivity index (χ1n) is 1.67. The maximum atomic E-state index is 2.00. The summed E-state index contributed by atoms with van der Waals surface area (Å²) in [6, 6.07) is 10.0. The van der Waals surface area contributed by atoms with Gasteiger partial charge >= 0.3 is 21.7 Å². The average molecular weight is 367 g/mol. The molecule has 0 N–H and O–H groups in total. The van der Waals surface area contributed by atoms with Crippen molar-refractivity contribution in [3.05, 3.63) is 30.3 Å². The van der Waals surface area contributed by atoms with E-state index in [1.54, 1.807) is 0 Å². The first-order chi connectivity index (χ1) is 2.50. The summed E-state index contributed by atoms with van der Waals surface area (Å²) in [6.45, 7) is 0. The molecule has 0 heterocycles. The van der Waals surface area contributed by atoms with E-state index in [-0.39, 0.29) is 69.7 Å². The minimum absolute atomic E-state index is 0. The molecule has 0 nitrogen and oxygen atoms in total. The summed E-state index contributed by atoms with van der Waals surface area (Å²) in [5, 5.41) is 0. The molecule has 3 heteroatoms. The summed E-state index contributed by atoms with van der Waals surface area (Å²) >= 11 is 0. The molecule has 0 bridgehead atoms. The van der Waals surface area contributed by atoms with Crippen LogP contribution in [0.4, 0.5) is 0 Å². The molecule has 1 aromatic carbocycles. The molecule has 43 valence electrons. The van der Waals surface area contributed by atoms with Crippen molar-refractivity contribution in [2.24, 2.45) is 0 Å². The van der Waals surface area contributed by atoms with Gasteiger partial charge in [-0.2, -0.15) is 18.2 Å². The quantitative estimate of drug-likeness (QED) is 0.246. The minimum Gasteiger partial charge on any atom is -1.00 e. The smallest absolute Gasteiger partial charge is 1.00 e. The van der Waals surface area contributed by atoms with Crippen molar-refractivity contribution in [2.45, 2.75) is 0 Å². The average Bonchev–Trinajstić information content (AvgIpc) is 1.76. The summed E-state index contributed by atoms with van der Waals surface area (Å²) in [5.74, 6) is 0. The van der Waals surface area contributed by atoms with E-state index in [0.717, 1.165) is 0 Å². The summed E-state index contributed by atoms with van der Waals surface area (Å²) < 4.78 is 0. The zero-order valence-electron chi connectivity index (χ0n) is 4.14. The molecular formula is C5H5I2Ti. The van der Waals surface area contributed by atoms with E-state index >= 15 is 0 Å². The molecule has 0 saturated carbocycles. The number of hydrogen-bond donors (Lipinski definition) is 0. The first-order valence-corrected chi connectivity index (χ1v) is 1.67. The second kappa shape index (κ2) is 11.3. The van der Waals surface area contributed by atoms with Crippen molar-refractivity contribution in [1.82, 2.24) is 0 Å². The Morgan fingerprint density at radius 3 is 1.38 bits per heavy atom. The Kier molecular flexibility index (Phi) is 23.0. The van der Waals surface area contributed by atoms with Gasteiger partial charge in [-0.15, -0.1) is 0 Å². The maximum absolute atomic E-state index is 2.00. The van der Waals surface area contributed by atoms with Crippen molar-refractivity contribution in [1.29, 1.82) is 0 Å². The molecule has 0 amide bonds. The molecule has 0 unspecified atom stereocenters. The van der Waals surface area contributed by atoms with Crippen LogP contribution in [0.5, 0.6) is 0 Å². The van der Waals surface area contributed by atoms with Crippen LogP contribution < -0.4 is 48.0 Å². The van der Waals surface area contributed by atoms with Crippen LogP contribution >= 0.6 is 0 Å². The molecule has 0 fully saturated rings. The van der Waals surface area contributed by atoms with Crippen LogP contribution in [0.15, 0.2) is 30.3 Å². The SMILES string of the molecule is [I-].[I-].[Ti+3].c1cc[cH-]c1. The fourth-order valence-corrected chi connectivity index (χ4v) is 0.321. The van der Waals surface area contributed by atoms with Crippen LogP contribution in [0.25, 0.3) is 0 Å². The zero-order chi connectivity index (χ0) is 3.54. The molecule has 0 saturated heterocycles. The van der Waals surface area contributed by atoms with E-state index in [1.807, 2.05) is 30.3 Å². The van der Waals surface area contributed by atoms with Crippen molar-refractivity contribution in [2.75, 3.05) is 0 Å². The van der Waals surface area contributed by atoms with Gasteiger partial charge in [0.2, 0.25) is 0 Å². The summed E-state index contributed by atoms with van der Waals surface area (Å²) in [4.78, 5) is 0. The molecule has 1 aromatic rings. The topological polar surface area (TPSA) is 0 Å². The summed E-state index contributed by atoms with van der Waals surface area (Å²) in [5.41, 5.74) is 0. The van der Waals surface area contributed by atoms with Crippen LogP contribution in [0.1, 0.15) is 0 Å². The van der Waals surface area contributed by atoms with Crippen molar-refractivity contribution < 1.29 is 69.7 Å². The standard InChI is InChI=1S/C5H5.2HI.Ti/c1-2-4-5-3-1;;;/h1-5H;2*1H;/q-1;;;+3/p-2. The second-order valence-corrected chi connectivity index (χ2v) is 0.962. The number of hydrogen-bond acceptors (Lipinski definition) is 0. The first kappa shape index (κ1) is 16.3. The Hall–Kier alpha value is 1.52. The number of rotatable bonds is 0. The third-order valence-electron chi connectivity index (χ3n) is 0.556. The predicted octanol–water partition coefficient (Wildman–Crippen LogP) is -4.59. The number of halogens is 2. The van der Waals surface area contributed by atoms with Gasteiger partial charge in [-0.1, -0.05) is 0 Å². The predicted molar refractivity (Wildman–Crippen MR) is 22.0 cm³/mol. The zero-order valence-corrected chi connectivity index (χ0v) is 10.0. The molecule has 0 aliphatic carbocycles. The Labute approximate surface area is 98.7 Å². The normalized spacial score (nSPS) is 5.00. The van der Waals surface area contributed by atoms with Crippen molar-refractivity contribution >= 4 is 0 Å². The van der Waals surface area contributed by atoms with E-state index in [4.69, 9.17) is 0 Å². The van der Waals surface area contributed by atoms with E-state index in [2.05, 4.69) is 0 Å². The molecule has 1 radical (unpaired) electrons. The summed E-state index contributed by atoms with van der Waals surface area (Å²) in [7, 11) is 0. The Morgan fingerprint density at radius 1 is 0.875 bits per heavy atom. The van der Waals surface area contributed by atoms with Gasteiger partial charge in [0.15, 0.2) is 0 Å². The third kappa shape index (κ3) is 7.52. The van der Waals surface area contributed by atoms with Crippen LogP contribution in [-0.4, -0.2) is 0 Å². The monoisotopic (exact) mass is 367 g/mol. The molecule has 0 atom stereocenters. The molecule has 0 aromatic heterocycles. The fraction of sp³-hybridized carbons (Fsp3) is 0. The molecule has 1 rings (SSSR count). The van der Waals surface area contributed by atoms with Gasteiger partial charge in [-0.3, -0.25) is 0 Å². The molecular weight excluding hydrogens is 362 g/mol. The van der Waals surface area contributed by atoms with Crippen molar-refractivity contribution in [3.63, 3.8) is 0 Å². The molecule has 8 heavy (non-hydrogen) atoms. The van der Waals surface area contributed by atoms with Gasteiger partial charge < -0.3 is 48.0 Å². The van der Waals surface area contributed by atoms with E-state index in [1.165, 1.54) is 0 Å². The van der Waals surface area contributed by atoms with Gasteiger partial charge in [0.05, 0.1) is 0 Å². The van der Waals surface area contributed by atoms with E-state index < -0.39 is 0 Å². The van der Waals surface area contributed by atoms with Crippen LogP contribution in [0, 0.1) is 0 Å². The van der Waals surface area contributed by atoms with Gasteiger partial charge in [0, 0.05) is 0 Å². The van der Waals surface area contributed by atoms with Crippen LogP contribution in [0.3, 0.4) is 0 Å². The minimum atomic E-state index is 0. The Bertz CT molecular complexity index is 66.9. The van der Waals surface area contributed by atoms with Gasteiger partial charge in [-0.05, 0) is 0 Å². The van der Waals surface area contributed by atoms with Crippen LogP contribution in [-0.2, 0) is 21.7 Å². The van der Waals surface area contributed by atoms with Crippen molar-refractivity contribution in [3.8, 4) is 0 Å². The Balaban J connectivity index is -0.0000000833. The largest absolute Gasteiger partial charge is 3.00 e.